The van der Waals surface area contributed by atoms with E-state index < -0.39 is 36.3 Å². The maximum Gasteiger partial charge on any atom is 0.337 e. The van der Waals surface area contributed by atoms with Gasteiger partial charge in [-0.05, 0) is 6.07 Å². The first-order valence-electron chi connectivity index (χ1n) is 4.72. The highest BCUT2D eigenvalue weighted by molar-refractivity contribution is 5.87. The fraction of sp³-hybridized carbons (Fsp3) is 0.400. The lowest BCUT2D eigenvalue weighted by molar-refractivity contribution is -0.104. The number of halogens is 2. The summed E-state index contributed by atoms with van der Waals surface area (Å²) in [5, 5.41) is 8.71. The number of pyridine rings is 1. The van der Waals surface area contributed by atoms with E-state index in [0.717, 1.165) is 22.9 Å². The molecule has 0 radical (unpaired) electrons. The van der Waals surface area contributed by atoms with Gasteiger partial charge in [0.2, 0.25) is 0 Å². The third kappa shape index (κ3) is 1.82. The normalized spacial score (nSPS) is 19.1. The number of carboxylic acid groups (broad SMARTS) is 1. The molecule has 86 valence electrons. The topological polar surface area (TPSA) is 59.3 Å². The van der Waals surface area contributed by atoms with E-state index in [1.165, 1.54) is 0 Å². The molecule has 1 aliphatic carbocycles. The molecule has 0 unspecified atom stereocenters. The maximum absolute atomic E-state index is 12.6. The predicted molar refractivity (Wildman–Crippen MR) is 50.9 cm³/mol. The van der Waals surface area contributed by atoms with E-state index >= 15 is 0 Å². The van der Waals surface area contributed by atoms with Crippen LogP contribution in [0.3, 0.4) is 0 Å². The maximum atomic E-state index is 12.6. The minimum Gasteiger partial charge on any atom is -0.478 e. The number of hydrogen-bond acceptors (Lipinski definition) is 2. The van der Waals surface area contributed by atoms with Crippen LogP contribution in [0.5, 0.6) is 0 Å². The van der Waals surface area contributed by atoms with Crippen molar-refractivity contribution >= 4 is 5.97 Å². The molecule has 1 aromatic heterocycles. The molecule has 1 N–H and O–H groups in total. The second-order valence-corrected chi connectivity index (χ2v) is 3.89. The third-order valence-electron chi connectivity index (χ3n) is 2.65. The van der Waals surface area contributed by atoms with Crippen LogP contribution in [-0.4, -0.2) is 21.6 Å². The average Bonchev–Trinajstić information content (AvgIpc) is 2.14. The number of aromatic carboxylic acids is 1. The zero-order valence-electron chi connectivity index (χ0n) is 8.19. The lowest BCUT2D eigenvalue weighted by Crippen LogP contribution is -2.41. The summed E-state index contributed by atoms with van der Waals surface area (Å²) in [7, 11) is 0. The predicted octanol–water partition coefficient (Wildman–Crippen LogP) is 1.52. The van der Waals surface area contributed by atoms with Crippen molar-refractivity contribution < 1.29 is 18.7 Å². The highest BCUT2D eigenvalue weighted by Crippen LogP contribution is 2.44. The van der Waals surface area contributed by atoms with Gasteiger partial charge in [0.1, 0.15) is 0 Å². The van der Waals surface area contributed by atoms with Crippen LogP contribution in [0, 0.1) is 0 Å². The quantitative estimate of drug-likeness (QED) is 0.836. The van der Waals surface area contributed by atoms with Crippen LogP contribution < -0.4 is 5.56 Å². The molecular formula is C10H9F2NO3. The van der Waals surface area contributed by atoms with E-state index in [0.29, 0.717) is 0 Å². The van der Waals surface area contributed by atoms with Gasteiger partial charge < -0.3 is 9.67 Å². The van der Waals surface area contributed by atoms with Crippen LogP contribution in [-0.2, 0) is 0 Å². The molecule has 1 aromatic rings. The van der Waals surface area contributed by atoms with Gasteiger partial charge in [-0.3, -0.25) is 4.79 Å². The zero-order chi connectivity index (χ0) is 11.9. The van der Waals surface area contributed by atoms with Crippen molar-refractivity contribution in [2.45, 2.75) is 24.8 Å². The van der Waals surface area contributed by atoms with E-state index in [9.17, 15) is 18.4 Å². The van der Waals surface area contributed by atoms with Gasteiger partial charge in [-0.2, -0.15) is 0 Å². The van der Waals surface area contributed by atoms with Crippen molar-refractivity contribution in [3.8, 4) is 0 Å². The Morgan fingerprint density at radius 1 is 1.44 bits per heavy atom. The molecule has 1 heterocycles. The van der Waals surface area contributed by atoms with E-state index in [-0.39, 0.29) is 5.56 Å². The van der Waals surface area contributed by atoms with Gasteiger partial charge in [-0.1, -0.05) is 0 Å². The molecule has 1 aliphatic rings. The largest absolute Gasteiger partial charge is 0.478 e. The Morgan fingerprint density at radius 3 is 2.56 bits per heavy atom. The molecule has 1 saturated carbocycles. The fourth-order valence-electron chi connectivity index (χ4n) is 1.74. The van der Waals surface area contributed by atoms with Crippen molar-refractivity contribution in [2.75, 3.05) is 0 Å². The van der Waals surface area contributed by atoms with E-state index in [2.05, 4.69) is 0 Å². The number of carbonyl (C=O) groups is 1. The van der Waals surface area contributed by atoms with E-state index in [1.807, 2.05) is 0 Å². The number of hydrogen-bond donors (Lipinski definition) is 1. The first-order chi connectivity index (χ1) is 7.39. The fourth-order valence-corrected chi connectivity index (χ4v) is 1.74. The molecule has 4 nitrogen and oxygen atoms in total. The van der Waals surface area contributed by atoms with E-state index in [1.54, 1.807) is 0 Å². The SMILES string of the molecule is O=C(O)c1ccc(=O)n(C2CC(F)(F)C2)c1. The molecule has 0 spiro atoms. The monoisotopic (exact) mass is 229 g/mol. The molecule has 2 rings (SSSR count). The standard InChI is InChI=1S/C10H9F2NO3/c11-10(12)3-7(4-10)13-5-6(9(15)16)1-2-8(13)14/h1-2,5,7H,3-4H2,(H,15,16). The second kappa shape index (κ2) is 3.40. The lowest BCUT2D eigenvalue weighted by atomic mass is 9.88. The molecule has 0 aromatic carbocycles. The Morgan fingerprint density at radius 2 is 2.06 bits per heavy atom. The van der Waals surface area contributed by atoms with Crippen LogP contribution in [0.4, 0.5) is 8.78 Å². The highest BCUT2D eigenvalue weighted by atomic mass is 19.3. The lowest BCUT2D eigenvalue weighted by Gasteiger charge is -2.36. The van der Waals surface area contributed by atoms with Crippen LogP contribution in [0.15, 0.2) is 23.1 Å². The zero-order valence-corrected chi connectivity index (χ0v) is 8.19. The summed E-state index contributed by atoms with van der Waals surface area (Å²) in [6, 6.07) is 1.65. The number of carboxylic acids is 1. The van der Waals surface area contributed by atoms with Crippen molar-refractivity contribution in [2.24, 2.45) is 0 Å². The van der Waals surface area contributed by atoms with Crippen LogP contribution in [0.1, 0.15) is 29.2 Å². The third-order valence-corrected chi connectivity index (χ3v) is 2.65. The van der Waals surface area contributed by atoms with Gasteiger partial charge in [-0.15, -0.1) is 0 Å². The Kier molecular flexibility index (Phi) is 2.29. The Hall–Kier alpha value is -1.72. The van der Waals surface area contributed by atoms with Crippen molar-refractivity contribution in [3.63, 3.8) is 0 Å². The second-order valence-electron chi connectivity index (χ2n) is 3.89. The van der Waals surface area contributed by atoms with Crippen molar-refractivity contribution in [3.05, 3.63) is 34.2 Å². The molecule has 0 aliphatic heterocycles. The molecular weight excluding hydrogens is 220 g/mol. The first-order valence-corrected chi connectivity index (χ1v) is 4.72. The Bertz CT molecular complexity index is 487. The number of rotatable bonds is 2. The van der Waals surface area contributed by atoms with Crippen LogP contribution >= 0.6 is 0 Å². The minimum absolute atomic E-state index is 0.0742. The van der Waals surface area contributed by atoms with Gasteiger partial charge in [0.15, 0.2) is 0 Å². The molecule has 0 saturated heterocycles. The van der Waals surface area contributed by atoms with E-state index in [4.69, 9.17) is 5.11 Å². The van der Waals surface area contributed by atoms with Crippen LogP contribution in [0.2, 0.25) is 0 Å². The molecule has 0 amide bonds. The molecule has 1 fully saturated rings. The summed E-state index contributed by atoms with van der Waals surface area (Å²) in [6.45, 7) is 0. The number of nitrogens with zero attached hydrogens (tertiary/aromatic N) is 1. The van der Waals surface area contributed by atoms with Gasteiger partial charge in [0.05, 0.1) is 5.56 Å². The Labute approximate surface area is 89.1 Å². The smallest absolute Gasteiger partial charge is 0.337 e. The van der Waals surface area contributed by atoms with Crippen LogP contribution in [0.25, 0.3) is 0 Å². The molecule has 0 atom stereocenters. The first kappa shape index (κ1) is 10.8. The summed E-state index contributed by atoms with van der Waals surface area (Å²) in [4.78, 5) is 22.0. The average molecular weight is 229 g/mol. The van der Waals surface area contributed by atoms with Crippen molar-refractivity contribution in [1.82, 2.24) is 4.57 Å². The summed E-state index contributed by atoms with van der Waals surface area (Å²) in [6.07, 6.45) is 0.302. The summed E-state index contributed by atoms with van der Waals surface area (Å²) in [5.41, 5.74) is -0.527. The summed E-state index contributed by atoms with van der Waals surface area (Å²) < 4.78 is 26.3. The van der Waals surface area contributed by atoms with Gasteiger partial charge in [0.25, 0.3) is 11.5 Å². The summed E-state index contributed by atoms with van der Waals surface area (Å²) >= 11 is 0. The minimum atomic E-state index is -2.73. The number of alkyl halides is 2. The Balaban J connectivity index is 2.31. The highest BCUT2D eigenvalue weighted by Gasteiger charge is 2.46. The number of aromatic nitrogens is 1. The van der Waals surface area contributed by atoms with Crippen molar-refractivity contribution in [1.29, 1.82) is 0 Å². The molecule has 16 heavy (non-hydrogen) atoms. The van der Waals surface area contributed by atoms with Gasteiger partial charge in [0, 0.05) is 31.1 Å². The summed E-state index contributed by atoms with van der Waals surface area (Å²) in [5.74, 6) is -3.91. The van der Waals surface area contributed by atoms with Gasteiger partial charge >= 0.3 is 5.97 Å². The molecule has 6 heteroatoms. The molecule has 0 bridgehead atoms. The van der Waals surface area contributed by atoms with Gasteiger partial charge in [-0.25, -0.2) is 13.6 Å².